The fourth-order valence-corrected chi connectivity index (χ4v) is 13.2. The fourth-order valence-electron chi connectivity index (χ4n) is 13.2. The Bertz CT molecular complexity index is 1130. The number of unbranched alkanes of at least 4 members (excludes halogenated alkanes) is 68. The van der Waals surface area contributed by atoms with Crippen molar-refractivity contribution in [1.82, 2.24) is 5.32 Å². The van der Waals surface area contributed by atoms with Gasteiger partial charge in [0, 0.05) is 6.42 Å². The molecule has 0 aromatic heterocycles. The average molecular weight is 1160 g/mol. The van der Waals surface area contributed by atoms with E-state index in [1.807, 2.05) is 0 Å². The van der Waals surface area contributed by atoms with E-state index in [1.54, 1.807) is 0 Å². The van der Waals surface area contributed by atoms with Crippen LogP contribution in [0.4, 0.5) is 0 Å². The Balaban J connectivity index is 3.33. The van der Waals surface area contributed by atoms with Gasteiger partial charge in [0.15, 0.2) is 0 Å². The second-order valence-corrected chi connectivity index (χ2v) is 27.5. The van der Waals surface area contributed by atoms with Gasteiger partial charge in [0.2, 0.25) is 5.91 Å². The van der Waals surface area contributed by atoms with Crippen molar-refractivity contribution in [2.24, 2.45) is 0 Å². The van der Waals surface area contributed by atoms with Crippen molar-refractivity contribution in [3.63, 3.8) is 0 Å². The van der Waals surface area contributed by atoms with E-state index in [4.69, 9.17) is 0 Å². The minimum Gasteiger partial charge on any atom is -0.394 e. The Hall–Kier alpha value is -0.610. The Morgan fingerprint density at radius 1 is 0.244 bits per heavy atom. The summed E-state index contributed by atoms with van der Waals surface area (Å²) >= 11 is 0. The van der Waals surface area contributed by atoms with Crippen LogP contribution in [0.2, 0.25) is 0 Å². The van der Waals surface area contributed by atoms with Crippen molar-refractivity contribution in [3.05, 3.63) is 0 Å². The van der Waals surface area contributed by atoms with Gasteiger partial charge < -0.3 is 15.5 Å². The third-order valence-electron chi connectivity index (χ3n) is 19.1. The molecule has 0 saturated carbocycles. The quantitative estimate of drug-likeness (QED) is 0.0532. The molecule has 4 heteroatoms. The van der Waals surface area contributed by atoms with Crippen LogP contribution in [0.1, 0.15) is 476 Å². The summed E-state index contributed by atoms with van der Waals surface area (Å²) in [7, 11) is 0. The zero-order chi connectivity index (χ0) is 59.1. The molecule has 2 atom stereocenters. The number of aliphatic hydroxyl groups excluding tert-OH is 2. The summed E-state index contributed by atoms with van der Waals surface area (Å²) in [5.74, 6) is -0.0180. The zero-order valence-corrected chi connectivity index (χ0v) is 57.1. The number of hydrogen-bond acceptors (Lipinski definition) is 3. The van der Waals surface area contributed by atoms with E-state index in [1.165, 1.54) is 424 Å². The van der Waals surface area contributed by atoms with E-state index in [2.05, 4.69) is 19.2 Å². The molecule has 0 aliphatic heterocycles. The van der Waals surface area contributed by atoms with Crippen molar-refractivity contribution >= 4 is 5.91 Å². The van der Waals surface area contributed by atoms with Crippen LogP contribution in [-0.2, 0) is 4.79 Å². The number of rotatable bonds is 75. The van der Waals surface area contributed by atoms with Crippen LogP contribution in [0.25, 0.3) is 0 Å². The standard InChI is InChI=1S/C78H157NO3/c1-3-5-7-9-11-13-15-17-19-21-23-25-27-29-31-33-35-37-38-39-40-41-42-44-46-48-50-52-54-56-58-60-62-64-66-68-70-72-74-78(82)79-76(75-80)77(81)73-71-69-67-65-63-61-59-57-55-53-51-49-47-45-43-36-34-32-30-28-26-24-22-20-18-16-14-12-10-8-6-4-2/h76-77,80-81H,3-75H2,1-2H3,(H,79,82). The molecule has 0 radical (unpaired) electrons. The van der Waals surface area contributed by atoms with Crippen LogP contribution in [-0.4, -0.2) is 34.9 Å². The predicted octanol–water partition coefficient (Wildman–Crippen LogP) is 27.0. The Labute approximate surface area is 518 Å². The van der Waals surface area contributed by atoms with Gasteiger partial charge in [0.05, 0.1) is 18.8 Å². The van der Waals surface area contributed by atoms with Crippen molar-refractivity contribution in [2.45, 2.75) is 488 Å². The van der Waals surface area contributed by atoms with Gasteiger partial charge in [-0.1, -0.05) is 457 Å². The first-order valence-electron chi connectivity index (χ1n) is 39.2. The topological polar surface area (TPSA) is 69.6 Å². The molecule has 2 unspecified atom stereocenters. The predicted molar refractivity (Wildman–Crippen MR) is 369 cm³/mol. The molecule has 82 heavy (non-hydrogen) atoms. The lowest BCUT2D eigenvalue weighted by Crippen LogP contribution is -2.45. The van der Waals surface area contributed by atoms with Gasteiger partial charge >= 0.3 is 0 Å². The highest BCUT2D eigenvalue weighted by molar-refractivity contribution is 5.76. The maximum atomic E-state index is 12.6. The smallest absolute Gasteiger partial charge is 0.220 e. The minimum atomic E-state index is -0.657. The second kappa shape index (κ2) is 74.6. The van der Waals surface area contributed by atoms with Gasteiger partial charge in [0.1, 0.15) is 0 Å². The molecule has 3 N–H and O–H groups in total. The maximum Gasteiger partial charge on any atom is 0.220 e. The highest BCUT2D eigenvalue weighted by Crippen LogP contribution is 2.21. The molecule has 0 aliphatic rings. The third-order valence-corrected chi connectivity index (χ3v) is 19.1. The monoisotopic (exact) mass is 1160 g/mol. The normalized spacial score (nSPS) is 12.5. The first kappa shape index (κ1) is 81.4. The third kappa shape index (κ3) is 70.2. The Kier molecular flexibility index (Phi) is 74.1. The van der Waals surface area contributed by atoms with Crippen molar-refractivity contribution in [1.29, 1.82) is 0 Å². The van der Waals surface area contributed by atoms with E-state index in [0.717, 1.165) is 25.7 Å². The van der Waals surface area contributed by atoms with Gasteiger partial charge in [-0.25, -0.2) is 0 Å². The molecular formula is C78H157NO3. The van der Waals surface area contributed by atoms with Crippen LogP contribution in [0.5, 0.6) is 0 Å². The average Bonchev–Trinajstić information content (AvgIpc) is 3.50. The van der Waals surface area contributed by atoms with Crippen LogP contribution in [0, 0.1) is 0 Å². The summed E-state index contributed by atoms with van der Waals surface area (Å²) < 4.78 is 0. The highest BCUT2D eigenvalue weighted by Gasteiger charge is 2.20. The molecular weight excluding hydrogens is 999 g/mol. The number of aliphatic hydroxyl groups is 2. The maximum absolute atomic E-state index is 12.6. The molecule has 0 spiro atoms. The lowest BCUT2D eigenvalue weighted by molar-refractivity contribution is -0.123. The van der Waals surface area contributed by atoms with Crippen LogP contribution < -0.4 is 5.32 Å². The molecule has 0 saturated heterocycles. The minimum absolute atomic E-state index is 0.0180. The highest BCUT2D eigenvalue weighted by atomic mass is 16.3. The van der Waals surface area contributed by atoms with Crippen LogP contribution >= 0.6 is 0 Å². The van der Waals surface area contributed by atoms with Gasteiger partial charge in [-0.2, -0.15) is 0 Å². The number of nitrogens with one attached hydrogen (secondary N) is 1. The summed E-state index contributed by atoms with van der Waals surface area (Å²) in [6.07, 6.45) is 99.3. The zero-order valence-electron chi connectivity index (χ0n) is 57.1. The van der Waals surface area contributed by atoms with E-state index >= 15 is 0 Å². The van der Waals surface area contributed by atoms with E-state index in [-0.39, 0.29) is 12.5 Å². The Morgan fingerprint density at radius 3 is 0.549 bits per heavy atom. The van der Waals surface area contributed by atoms with Gasteiger partial charge in [0.25, 0.3) is 0 Å². The molecule has 4 nitrogen and oxygen atoms in total. The van der Waals surface area contributed by atoms with Crippen molar-refractivity contribution in [2.75, 3.05) is 6.61 Å². The summed E-state index contributed by atoms with van der Waals surface area (Å²) in [5, 5.41) is 23.5. The molecule has 0 bridgehead atoms. The number of carbonyl (C=O) groups excluding carboxylic acids is 1. The first-order chi connectivity index (χ1) is 40.7. The van der Waals surface area contributed by atoms with E-state index < -0.39 is 12.1 Å². The lowest BCUT2D eigenvalue weighted by Gasteiger charge is -2.22. The Morgan fingerprint density at radius 2 is 0.390 bits per heavy atom. The summed E-state index contributed by atoms with van der Waals surface area (Å²) in [6, 6.07) is -0.534. The summed E-state index contributed by atoms with van der Waals surface area (Å²) in [6.45, 7) is 4.43. The number of amides is 1. The lowest BCUT2D eigenvalue weighted by atomic mass is 10.0. The van der Waals surface area contributed by atoms with Gasteiger partial charge in [-0.3, -0.25) is 4.79 Å². The van der Waals surface area contributed by atoms with E-state index in [0.29, 0.717) is 12.8 Å². The molecule has 1 amide bonds. The first-order valence-corrected chi connectivity index (χ1v) is 39.2. The molecule has 492 valence electrons. The second-order valence-electron chi connectivity index (χ2n) is 27.5. The molecule has 0 aromatic carbocycles. The van der Waals surface area contributed by atoms with Crippen LogP contribution in [0.15, 0.2) is 0 Å². The molecule has 0 rings (SSSR count). The van der Waals surface area contributed by atoms with E-state index in [9.17, 15) is 15.0 Å². The SMILES string of the molecule is CCCCCCCCCCCCCCCCCCCCCCCCCCCCCCCCCCCCCCCCC(=O)NC(CO)C(O)CCCCCCCCCCCCCCCCCCCCCCCCCCCCCCCCCC. The molecule has 0 aromatic rings. The number of hydrogen-bond donors (Lipinski definition) is 3. The molecule has 0 aliphatic carbocycles. The fraction of sp³-hybridized carbons (Fsp3) is 0.987. The van der Waals surface area contributed by atoms with Gasteiger partial charge in [-0.15, -0.1) is 0 Å². The molecule has 0 heterocycles. The van der Waals surface area contributed by atoms with Crippen molar-refractivity contribution < 1.29 is 15.0 Å². The van der Waals surface area contributed by atoms with Crippen LogP contribution in [0.3, 0.4) is 0 Å². The molecule has 0 fully saturated rings. The summed E-state index contributed by atoms with van der Waals surface area (Å²) in [4.78, 5) is 12.6. The summed E-state index contributed by atoms with van der Waals surface area (Å²) in [5.41, 5.74) is 0. The van der Waals surface area contributed by atoms with Crippen molar-refractivity contribution in [3.8, 4) is 0 Å². The number of carbonyl (C=O) groups is 1. The van der Waals surface area contributed by atoms with Gasteiger partial charge in [-0.05, 0) is 12.8 Å². The largest absolute Gasteiger partial charge is 0.394 e.